The Bertz CT molecular complexity index is 140. The van der Waals surface area contributed by atoms with Crippen molar-refractivity contribution in [1.82, 2.24) is 10.6 Å². The highest BCUT2D eigenvalue weighted by atomic mass is 32.2. The fraction of sp³-hybridized carbons (Fsp3) is 0.900. The summed E-state index contributed by atoms with van der Waals surface area (Å²) >= 11 is 7.02. The summed E-state index contributed by atoms with van der Waals surface area (Å²) in [5.41, 5.74) is 0. The average molecular weight is 234 g/mol. The third-order valence-electron chi connectivity index (χ3n) is 1.88. The summed E-state index contributed by atoms with van der Waals surface area (Å²) in [5, 5.41) is 7.21. The van der Waals surface area contributed by atoms with Gasteiger partial charge in [-0.05, 0) is 43.5 Å². The summed E-state index contributed by atoms with van der Waals surface area (Å²) in [7, 11) is 0. The van der Waals surface area contributed by atoms with Crippen molar-refractivity contribution >= 4 is 29.1 Å². The minimum Gasteiger partial charge on any atom is -0.363 e. The minimum absolute atomic E-state index is 0.808. The Morgan fingerprint density at radius 3 is 2.36 bits per heavy atom. The van der Waals surface area contributed by atoms with Crippen LogP contribution in [-0.4, -0.2) is 30.2 Å². The second-order valence-electron chi connectivity index (χ2n) is 3.24. The van der Waals surface area contributed by atoms with E-state index >= 15 is 0 Å². The van der Waals surface area contributed by atoms with Gasteiger partial charge < -0.3 is 10.6 Å². The predicted molar refractivity (Wildman–Crippen MR) is 71.1 cm³/mol. The lowest BCUT2D eigenvalue weighted by Crippen LogP contribution is -2.36. The molecular formula is C10H22N2S2. The molecule has 0 unspecified atom stereocenters. The average Bonchev–Trinajstić information content (AvgIpc) is 2.18. The molecule has 0 radical (unpaired) electrons. The van der Waals surface area contributed by atoms with Gasteiger partial charge in [0, 0.05) is 13.1 Å². The number of rotatable bonds is 8. The second kappa shape index (κ2) is 11.1. The van der Waals surface area contributed by atoms with Crippen LogP contribution in [0.25, 0.3) is 0 Å². The maximum Gasteiger partial charge on any atom is 0.166 e. The highest BCUT2D eigenvalue weighted by Gasteiger charge is 1.93. The van der Waals surface area contributed by atoms with Gasteiger partial charge in [-0.2, -0.15) is 11.8 Å². The molecule has 0 aliphatic heterocycles. The van der Waals surface area contributed by atoms with Crippen LogP contribution in [-0.2, 0) is 0 Å². The molecule has 0 amide bonds. The summed E-state index contributed by atoms with van der Waals surface area (Å²) in [6.07, 6.45) is 7.02. The van der Waals surface area contributed by atoms with E-state index in [-0.39, 0.29) is 0 Å². The largest absolute Gasteiger partial charge is 0.363 e. The van der Waals surface area contributed by atoms with Gasteiger partial charge in [-0.25, -0.2) is 0 Å². The molecule has 14 heavy (non-hydrogen) atoms. The molecule has 0 bridgehead atoms. The number of unbranched alkanes of at least 4 members (excludes halogenated alkanes) is 2. The molecule has 0 saturated heterocycles. The van der Waals surface area contributed by atoms with Crippen LogP contribution < -0.4 is 10.6 Å². The maximum atomic E-state index is 5.12. The molecule has 0 rings (SSSR count). The summed E-state index contributed by atoms with van der Waals surface area (Å²) in [4.78, 5) is 0. The number of hydrogen-bond donors (Lipinski definition) is 2. The second-order valence-corrected chi connectivity index (χ2v) is 4.63. The van der Waals surface area contributed by atoms with Crippen molar-refractivity contribution in [2.24, 2.45) is 0 Å². The number of thioether (sulfide) groups is 1. The van der Waals surface area contributed by atoms with Gasteiger partial charge in [0.15, 0.2) is 5.11 Å². The summed E-state index contributed by atoms with van der Waals surface area (Å²) < 4.78 is 0. The van der Waals surface area contributed by atoms with Crippen LogP contribution in [0.4, 0.5) is 0 Å². The highest BCUT2D eigenvalue weighted by Crippen LogP contribution is 1.97. The van der Waals surface area contributed by atoms with E-state index in [9.17, 15) is 0 Å². The highest BCUT2D eigenvalue weighted by molar-refractivity contribution is 7.98. The Morgan fingerprint density at radius 2 is 1.79 bits per heavy atom. The van der Waals surface area contributed by atoms with E-state index in [1.807, 2.05) is 11.8 Å². The standard InChI is InChI=1S/C10H22N2S2/c1-3-4-7-11-10(13)12-8-5-6-9-14-2/h3-9H2,1-2H3,(H2,11,12,13). The zero-order chi connectivity index (χ0) is 10.6. The van der Waals surface area contributed by atoms with Gasteiger partial charge in [-0.3, -0.25) is 0 Å². The molecular weight excluding hydrogens is 212 g/mol. The van der Waals surface area contributed by atoms with Gasteiger partial charge in [0.25, 0.3) is 0 Å². The van der Waals surface area contributed by atoms with E-state index in [1.54, 1.807) is 0 Å². The Hall–Kier alpha value is 0.0400. The van der Waals surface area contributed by atoms with Gasteiger partial charge in [0.2, 0.25) is 0 Å². The van der Waals surface area contributed by atoms with E-state index in [0.29, 0.717) is 0 Å². The van der Waals surface area contributed by atoms with E-state index in [2.05, 4.69) is 23.8 Å². The quantitative estimate of drug-likeness (QED) is 0.497. The predicted octanol–water partition coefficient (Wildman–Crippen LogP) is 2.39. The van der Waals surface area contributed by atoms with Crippen molar-refractivity contribution in [1.29, 1.82) is 0 Å². The Labute approximate surface area is 97.6 Å². The SMILES string of the molecule is CCCCNC(=S)NCCCCSC. The molecule has 0 aromatic heterocycles. The van der Waals surface area contributed by atoms with Gasteiger partial charge in [0.1, 0.15) is 0 Å². The molecule has 0 aliphatic carbocycles. The first-order valence-electron chi connectivity index (χ1n) is 5.32. The first-order chi connectivity index (χ1) is 6.81. The van der Waals surface area contributed by atoms with Crippen molar-refractivity contribution < 1.29 is 0 Å². The van der Waals surface area contributed by atoms with E-state index < -0.39 is 0 Å². The lowest BCUT2D eigenvalue weighted by molar-refractivity contribution is 0.717. The van der Waals surface area contributed by atoms with Crippen molar-refractivity contribution in [3.63, 3.8) is 0 Å². The van der Waals surface area contributed by atoms with Crippen LogP contribution in [0.3, 0.4) is 0 Å². The monoisotopic (exact) mass is 234 g/mol. The van der Waals surface area contributed by atoms with E-state index in [4.69, 9.17) is 12.2 Å². The molecule has 0 aromatic carbocycles. The zero-order valence-electron chi connectivity index (χ0n) is 9.27. The first-order valence-corrected chi connectivity index (χ1v) is 7.12. The third kappa shape index (κ3) is 10.1. The molecule has 0 saturated carbocycles. The Kier molecular flexibility index (Phi) is 11.1. The van der Waals surface area contributed by atoms with Crippen molar-refractivity contribution in [3.05, 3.63) is 0 Å². The third-order valence-corrected chi connectivity index (χ3v) is 2.86. The number of hydrogen-bond acceptors (Lipinski definition) is 2. The number of thiocarbonyl (C=S) groups is 1. The van der Waals surface area contributed by atoms with Crippen LogP contribution >= 0.6 is 24.0 Å². The fourth-order valence-electron chi connectivity index (χ4n) is 1.01. The summed E-state index contributed by atoms with van der Waals surface area (Å²) in [6.45, 7) is 4.17. The minimum atomic E-state index is 0.808. The lowest BCUT2D eigenvalue weighted by atomic mass is 10.3. The van der Waals surface area contributed by atoms with Crippen LogP contribution in [0.2, 0.25) is 0 Å². The molecule has 4 heteroatoms. The van der Waals surface area contributed by atoms with Crippen LogP contribution in [0, 0.1) is 0 Å². The topological polar surface area (TPSA) is 24.1 Å². The van der Waals surface area contributed by atoms with E-state index in [0.717, 1.165) is 18.2 Å². The summed E-state index contributed by atoms with van der Waals surface area (Å²) in [5.74, 6) is 1.25. The normalized spacial score (nSPS) is 9.86. The zero-order valence-corrected chi connectivity index (χ0v) is 10.9. The fourth-order valence-corrected chi connectivity index (χ4v) is 1.71. The molecule has 0 aliphatic rings. The molecule has 0 heterocycles. The van der Waals surface area contributed by atoms with Gasteiger partial charge in [-0.15, -0.1) is 0 Å². The smallest absolute Gasteiger partial charge is 0.166 e. The van der Waals surface area contributed by atoms with Crippen molar-refractivity contribution in [3.8, 4) is 0 Å². The molecule has 2 N–H and O–H groups in total. The molecule has 0 spiro atoms. The molecule has 0 atom stereocenters. The van der Waals surface area contributed by atoms with Gasteiger partial charge >= 0.3 is 0 Å². The van der Waals surface area contributed by atoms with Crippen molar-refractivity contribution in [2.75, 3.05) is 25.1 Å². The van der Waals surface area contributed by atoms with Crippen molar-refractivity contribution in [2.45, 2.75) is 32.6 Å². The summed E-state index contributed by atoms with van der Waals surface area (Å²) in [6, 6.07) is 0. The maximum absolute atomic E-state index is 5.12. The molecule has 84 valence electrons. The van der Waals surface area contributed by atoms with Gasteiger partial charge in [0.05, 0.1) is 0 Å². The van der Waals surface area contributed by atoms with Gasteiger partial charge in [-0.1, -0.05) is 13.3 Å². The Balaban J connectivity index is 3.10. The molecule has 0 fully saturated rings. The Morgan fingerprint density at radius 1 is 1.14 bits per heavy atom. The van der Waals surface area contributed by atoms with Crippen LogP contribution in [0.15, 0.2) is 0 Å². The number of nitrogens with one attached hydrogen (secondary N) is 2. The van der Waals surface area contributed by atoms with E-state index in [1.165, 1.54) is 31.4 Å². The van der Waals surface area contributed by atoms with Crippen LogP contribution in [0.5, 0.6) is 0 Å². The first kappa shape index (κ1) is 14.0. The molecule has 0 aromatic rings. The molecule has 2 nitrogen and oxygen atoms in total. The lowest BCUT2D eigenvalue weighted by Gasteiger charge is -2.09. The van der Waals surface area contributed by atoms with Crippen LogP contribution in [0.1, 0.15) is 32.6 Å².